The lowest BCUT2D eigenvalue weighted by Gasteiger charge is -2.26. The van der Waals surface area contributed by atoms with Crippen LogP contribution in [0, 0.1) is 11.3 Å². The molecule has 5 heteroatoms. The molecular weight excluding hydrogens is 224 g/mol. The van der Waals surface area contributed by atoms with Crippen molar-refractivity contribution in [1.82, 2.24) is 0 Å². The molecule has 0 amide bonds. The van der Waals surface area contributed by atoms with Gasteiger partial charge in [-0.15, -0.1) is 0 Å². The molecule has 0 aromatic heterocycles. The number of carbonyl (C=O) groups is 2. The molecule has 3 aliphatic heterocycles. The third kappa shape index (κ3) is 1.48. The van der Waals surface area contributed by atoms with Crippen LogP contribution >= 0.6 is 0 Å². The molecule has 0 aromatic carbocycles. The Balaban J connectivity index is 1.75. The van der Waals surface area contributed by atoms with Crippen LogP contribution in [0.5, 0.6) is 0 Å². The van der Waals surface area contributed by atoms with Gasteiger partial charge in [0.05, 0.1) is 17.4 Å². The van der Waals surface area contributed by atoms with Crippen LogP contribution in [0.15, 0.2) is 0 Å². The van der Waals surface area contributed by atoms with E-state index in [0.29, 0.717) is 6.42 Å². The van der Waals surface area contributed by atoms with Crippen LogP contribution in [0.3, 0.4) is 0 Å². The topological polar surface area (TPSA) is 61.8 Å². The summed E-state index contributed by atoms with van der Waals surface area (Å²) in [6, 6.07) is 0. The molecule has 0 N–H and O–H groups in total. The first-order valence-corrected chi connectivity index (χ1v) is 5.95. The quantitative estimate of drug-likeness (QED) is 0.630. The van der Waals surface area contributed by atoms with E-state index in [1.807, 2.05) is 0 Å². The van der Waals surface area contributed by atoms with Crippen LogP contribution in [0.4, 0.5) is 0 Å². The van der Waals surface area contributed by atoms with Gasteiger partial charge in [-0.05, 0) is 27.2 Å². The van der Waals surface area contributed by atoms with Crippen LogP contribution in [0.25, 0.3) is 0 Å². The van der Waals surface area contributed by atoms with Crippen molar-refractivity contribution in [3.63, 3.8) is 0 Å². The first kappa shape index (κ1) is 11.0. The Morgan fingerprint density at radius 3 is 2.71 bits per heavy atom. The van der Waals surface area contributed by atoms with Gasteiger partial charge in [0.2, 0.25) is 0 Å². The van der Waals surface area contributed by atoms with Crippen molar-refractivity contribution in [2.75, 3.05) is 0 Å². The molecule has 5 unspecified atom stereocenters. The molecule has 5 atom stereocenters. The molecule has 17 heavy (non-hydrogen) atoms. The van der Waals surface area contributed by atoms with Crippen LogP contribution in [0.1, 0.15) is 27.2 Å². The number of carbonyl (C=O) groups excluding carboxylic acids is 2. The average molecular weight is 240 g/mol. The normalized spacial score (nSPS) is 42.8. The Morgan fingerprint density at radius 2 is 2.06 bits per heavy atom. The molecule has 3 saturated heterocycles. The Morgan fingerprint density at radius 1 is 1.35 bits per heavy atom. The lowest BCUT2D eigenvalue weighted by atomic mass is 9.88. The molecule has 94 valence electrons. The number of ether oxygens (including phenoxy) is 3. The smallest absolute Gasteiger partial charge is 0.312 e. The maximum Gasteiger partial charge on any atom is 0.312 e. The molecule has 3 fully saturated rings. The van der Waals surface area contributed by atoms with E-state index in [-0.39, 0.29) is 30.1 Å². The Bertz CT molecular complexity index is 383. The molecule has 3 heterocycles. The highest BCUT2D eigenvalue weighted by atomic mass is 16.7. The number of fused-ring (bicyclic) bond motifs is 1. The van der Waals surface area contributed by atoms with E-state index in [2.05, 4.69) is 0 Å². The first-order chi connectivity index (χ1) is 7.88. The van der Waals surface area contributed by atoms with Crippen LogP contribution in [-0.4, -0.2) is 36.4 Å². The minimum Gasteiger partial charge on any atom is -0.455 e. The zero-order valence-corrected chi connectivity index (χ0v) is 10.1. The van der Waals surface area contributed by atoms with Gasteiger partial charge in [-0.1, -0.05) is 0 Å². The van der Waals surface area contributed by atoms with Crippen molar-refractivity contribution in [1.29, 1.82) is 0 Å². The molecule has 2 bridgehead atoms. The van der Waals surface area contributed by atoms with Gasteiger partial charge in [-0.25, -0.2) is 0 Å². The van der Waals surface area contributed by atoms with Crippen molar-refractivity contribution >= 4 is 11.9 Å². The predicted molar refractivity (Wildman–Crippen MR) is 56.0 cm³/mol. The Hall–Kier alpha value is -1.10. The Labute approximate surface area is 99.4 Å². The second-order valence-electron chi connectivity index (χ2n) is 6.00. The summed E-state index contributed by atoms with van der Waals surface area (Å²) in [5.74, 6) is -0.635. The second kappa shape index (κ2) is 3.22. The second-order valence-corrected chi connectivity index (χ2v) is 6.00. The van der Waals surface area contributed by atoms with Crippen molar-refractivity contribution in [3.05, 3.63) is 0 Å². The van der Waals surface area contributed by atoms with Gasteiger partial charge in [0.25, 0.3) is 0 Å². The zero-order valence-electron chi connectivity index (χ0n) is 10.1. The van der Waals surface area contributed by atoms with Crippen molar-refractivity contribution in [3.8, 4) is 0 Å². The minimum atomic E-state index is -0.552. The number of hydrogen-bond acceptors (Lipinski definition) is 5. The fraction of sp³-hybridized carbons (Fsp3) is 0.833. The summed E-state index contributed by atoms with van der Waals surface area (Å²) in [6.07, 6.45) is -0.577. The van der Waals surface area contributed by atoms with Crippen molar-refractivity contribution in [2.45, 2.75) is 51.6 Å². The van der Waals surface area contributed by atoms with Gasteiger partial charge in [0.15, 0.2) is 12.2 Å². The van der Waals surface area contributed by atoms with Gasteiger partial charge in [-0.3, -0.25) is 9.59 Å². The third-order valence-electron chi connectivity index (χ3n) is 3.64. The molecule has 0 spiro atoms. The monoisotopic (exact) mass is 240 g/mol. The lowest BCUT2D eigenvalue weighted by molar-refractivity contribution is -0.168. The lowest BCUT2D eigenvalue weighted by Crippen LogP contribution is -2.42. The summed E-state index contributed by atoms with van der Waals surface area (Å²) in [6.45, 7) is 5.40. The standard InChI is InChI=1S/C12H16O5/c1-12(2,3)11(14)17-8-6-4-5-7(15-6)9(8)16-10(5)13/h5-9H,4H2,1-3H3. The first-order valence-electron chi connectivity index (χ1n) is 5.95. The molecule has 5 nitrogen and oxygen atoms in total. The van der Waals surface area contributed by atoms with Crippen LogP contribution in [0.2, 0.25) is 0 Å². The summed E-state index contributed by atoms with van der Waals surface area (Å²) in [7, 11) is 0. The summed E-state index contributed by atoms with van der Waals surface area (Å²) >= 11 is 0. The SMILES string of the molecule is CC(C)(C)C(=O)OC1C2CC3C(=O)OC1C3O2. The highest BCUT2D eigenvalue weighted by Gasteiger charge is 2.65. The average Bonchev–Trinajstić information content (AvgIpc) is 2.80. The van der Waals surface area contributed by atoms with Gasteiger partial charge in [0, 0.05) is 0 Å². The van der Waals surface area contributed by atoms with Gasteiger partial charge in [-0.2, -0.15) is 0 Å². The highest BCUT2D eigenvalue weighted by molar-refractivity contribution is 5.78. The summed E-state index contributed by atoms with van der Waals surface area (Å²) in [4.78, 5) is 23.3. The van der Waals surface area contributed by atoms with E-state index in [1.54, 1.807) is 20.8 Å². The molecule has 0 radical (unpaired) electrons. The number of hydrogen-bond donors (Lipinski definition) is 0. The maximum absolute atomic E-state index is 11.8. The van der Waals surface area contributed by atoms with Crippen molar-refractivity contribution in [2.24, 2.45) is 11.3 Å². The largest absolute Gasteiger partial charge is 0.455 e. The van der Waals surface area contributed by atoms with E-state index in [1.165, 1.54) is 0 Å². The molecule has 0 saturated carbocycles. The number of esters is 2. The summed E-state index contributed by atoms with van der Waals surface area (Å²) in [5, 5.41) is 0. The van der Waals surface area contributed by atoms with Crippen LogP contribution < -0.4 is 0 Å². The van der Waals surface area contributed by atoms with E-state index >= 15 is 0 Å². The minimum absolute atomic E-state index is 0.144. The number of rotatable bonds is 1. The molecule has 0 aromatic rings. The summed E-state index contributed by atoms with van der Waals surface area (Å²) in [5.41, 5.74) is -0.552. The third-order valence-corrected chi connectivity index (χ3v) is 3.64. The van der Waals surface area contributed by atoms with Gasteiger partial charge < -0.3 is 14.2 Å². The zero-order chi connectivity index (χ0) is 12.4. The van der Waals surface area contributed by atoms with E-state index in [9.17, 15) is 9.59 Å². The van der Waals surface area contributed by atoms with Crippen LogP contribution in [-0.2, 0) is 23.8 Å². The fourth-order valence-corrected chi connectivity index (χ4v) is 2.68. The van der Waals surface area contributed by atoms with Crippen molar-refractivity contribution < 1.29 is 23.8 Å². The molecular formula is C12H16O5. The fourth-order valence-electron chi connectivity index (χ4n) is 2.68. The van der Waals surface area contributed by atoms with E-state index in [0.717, 1.165) is 0 Å². The van der Waals surface area contributed by atoms with E-state index in [4.69, 9.17) is 14.2 Å². The van der Waals surface area contributed by atoms with Gasteiger partial charge in [0.1, 0.15) is 6.10 Å². The van der Waals surface area contributed by atoms with Gasteiger partial charge >= 0.3 is 11.9 Å². The molecule has 0 aliphatic carbocycles. The molecule has 3 rings (SSSR count). The maximum atomic E-state index is 11.8. The van der Waals surface area contributed by atoms with E-state index < -0.39 is 17.6 Å². The predicted octanol–water partition coefficient (Wildman–Crippen LogP) is 0.657. The highest BCUT2D eigenvalue weighted by Crippen LogP contribution is 2.47. The summed E-state index contributed by atoms with van der Waals surface area (Å²) < 4.78 is 16.3. The Kier molecular flexibility index (Phi) is 2.09. The molecule has 3 aliphatic rings.